The minimum atomic E-state index is -0.441. The lowest BCUT2D eigenvalue weighted by Gasteiger charge is -2.30. The number of nitrogens with zero attached hydrogens (tertiary/aromatic N) is 2. The van der Waals surface area contributed by atoms with Gasteiger partial charge in [-0.2, -0.15) is 0 Å². The summed E-state index contributed by atoms with van der Waals surface area (Å²) >= 11 is 0. The second-order valence-corrected chi connectivity index (χ2v) is 8.89. The van der Waals surface area contributed by atoms with E-state index < -0.39 is 5.41 Å². The number of pyridine rings is 1. The van der Waals surface area contributed by atoms with Gasteiger partial charge in [0.05, 0.1) is 11.1 Å². The van der Waals surface area contributed by atoms with Gasteiger partial charge in [0.2, 0.25) is 5.91 Å². The molecule has 0 radical (unpaired) electrons. The molecule has 3 aromatic rings. The lowest BCUT2D eigenvalue weighted by molar-refractivity contribution is -0.131. The number of hydrogen-bond acceptors (Lipinski definition) is 3. The molecule has 0 unspecified atom stereocenters. The number of hydrogen-bond donors (Lipinski definition) is 1. The van der Waals surface area contributed by atoms with Crippen LogP contribution in [0.15, 0.2) is 79.0 Å². The number of likely N-dealkylation sites (tertiary alicyclic amines) is 1. The van der Waals surface area contributed by atoms with Crippen LogP contribution in [0.5, 0.6) is 0 Å². The molecule has 31 heavy (non-hydrogen) atoms. The van der Waals surface area contributed by atoms with Gasteiger partial charge in [-0.3, -0.25) is 14.7 Å². The van der Waals surface area contributed by atoms with Crippen molar-refractivity contribution >= 4 is 5.91 Å². The maximum absolute atomic E-state index is 13.5. The monoisotopic (exact) mass is 413 g/mol. The summed E-state index contributed by atoms with van der Waals surface area (Å²) in [5.41, 5.74) is 4.24. The molecular formula is C27H31N3O. The van der Waals surface area contributed by atoms with Crippen molar-refractivity contribution in [1.82, 2.24) is 15.2 Å². The Balaban J connectivity index is 1.62. The molecule has 1 fully saturated rings. The van der Waals surface area contributed by atoms with E-state index >= 15 is 0 Å². The molecule has 0 aliphatic carbocycles. The molecule has 4 nitrogen and oxygen atoms in total. The first-order valence-corrected chi connectivity index (χ1v) is 11.1. The number of amides is 1. The Labute approximate surface area is 185 Å². The summed E-state index contributed by atoms with van der Waals surface area (Å²) in [6.07, 6.45) is 3.41. The molecule has 1 N–H and O–H groups in total. The van der Waals surface area contributed by atoms with Crippen LogP contribution in [-0.2, 0) is 17.8 Å². The summed E-state index contributed by atoms with van der Waals surface area (Å²) in [6.45, 7) is 6.48. The molecule has 160 valence electrons. The SMILES string of the molecule is CC(C)NC(=O)[C@@]1(Cc2ccccc2-c2ccccc2)CCN(Cc2ccccn2)C1. The first-order chi connectivity index (χ1) is 15.1. The van der Waals surface area contributed by atoms with Crippen LogP contribution in [0.25, 0.3) is 11.1 Å². The van der Waals surface area contributed by atoms with Crippen molar-refractivity contribution in [3.8, 4) is 11.1 Å². The van der Waals surface area contributed by atoms with Crippen LogP contribution in [0.3, 0.4) is 0 Å². The van der Waals surface area contributed by atoms with E-state index in [1.54, 1.807) is 0 Å². The van der Waals surface area contributed by atoms with Gasteiger partial charge >= 0.3 is 0 Å². The first-order valence-electron chi connectivity index (χ1n) is 11.1. The van der Waals surface area contributed by atoms with Gasteiger partial charge in [-0.05, 0) is 62.1 Å². The van der Waals surface area contributed by atoms with Gasteiger partial charge in [-0.25, -0.2) is 0 Å². The topological polar surface area (TPSA) is 45.2 Å². The molecule has 4 rings (SSSR count). The molecule has 2 aromatic carbocycles. The van der Waals surface area contributed by atoms with Crippen molar-refractivity contribution in [2.24, 2.45) is 5.41 Å². The summed E-state index contributed by atoms with van der Waals surface area (Å²) in [6, 6.07) is 25.1. The number of benzene rings is 2. The van der Waals surface area contributed by atoms with Crippen LogP contribution >= 0.6 is 0 Å². The Morgan fingerprint density at radius 1 is 1.03 bits per heavy atom. The van der Waals surface area contributed by atoms with Crippen molar-refractivity contribution in [1.29, 1.82) is 0 Å². The van der Waals surface area contributed by atoms with Crippen LogP contribution in [0.1, 0.15) is 31.5 Å². The van der Waals surface area contributed by atoms with Crippen LogP contribution in [0.4, 0.5) is 0 Å². The first kappa shape index (κ1) is 21.3. The fraction of sp³-hybridized carbons (Fsp3) is 0.333. The molecule has 1 aromatic heterocycles. The number of carbonyl (C=O) groups excluding carboxylic acids is 1. The molecular weight excluding hydrogens is 382 g/mol. The molecule has 2 heterocycles. The van der Waals surface area contributed by atoms with Crippen molar-refractivity contribution < 1.29 is 4.79 Å². The molecule has 0 saturated carbocycles. The number of rotatable bonds is 7. The maximum Gasteiger partial charge on any atom is 0.228 e. The molecule has 1 aliphatic heterocycles. The summed E-state index contributed by atoms with van der Waals surface area (Å²) < 4.78 is 0. The average Bonchev–Trinajstić information content (AvgIpc) is 3.19. The third kappa shape index (κ3) is 5.02. The number of nitrogens with one attached hydrogen (secondary N) is 1. The predicted octanol–water partition coefficient (Wildman–Crippen LogP) is 4.71. The number of carbonyl (C=O) groups is 1. The van der Waals surface area contributed by atoms with Gasteiger partial charge in [0.15, 0.2) is 0 Å². The Hall–Kier alpha value is -2.98. The molecule has 4 heteroatoms. The van der Waals surface area contributed by atoms with E-state index in [-0.39, 0.29) is 11.9 Å². The molecule has 1 saturated heterocycles. The lowest BCUT2D eigenvalue weighted by Crippen LogP contribution is -2.46. The Morgan fingerprint density at radius 2 is 1.77 bits per heavy atom. The second kappa shape index (κ2) is 9.44. The van der Waals surface area contributed by atoms with Crippen LogP contribution in [0.2, 0.25) is 0 Å². The van der Waals surface area contributed by atoms with Gasteiger partial charge < -0.3 is 5.32 Å². The van der Waals surface area contributed by atoms with E-state index in [0.29, 0.717) is 0 Å². The summed E-state index contributed by atoms with van der Waals surface area (Å²) in [5.74, 6) is 0.161. The normalized spacial score (nSPS) is 18.9. The largest absolute Gasteiger partial charge is 0.353 e. The molecule has 0 spiro atoms. The lowest BCUT2D eigenvalue weighted by atomic mass is 9.78. The highest BCUT2D eigenvalue weighted by Gasteiger charge is 2.45. The fourth-order valence-corrected chi connectivity index (χ4v) is 4.58. The quantitative estimate of drug-likeness (QED) is 0.610. The minimum Gasteiger partial charge on any atom is -0.353 e. The molecule has 1 amide bonds. The zero-order valence-corrected chi connectivity index (χ0v) is 18.4. The third-order valence-electron chi connectivity index (χ3n) is 6.08. The number of aromatic nitrogens is 1. The van der Waals surface area contributed by atoms with Crippen molar-refractivity contribution in [3.05, 3.63) is 90.3 Å². The van der Waals surface area contributed by atoms with Crippen molar-refractivity contribution in [2.45, 2.75) is 39.3 Å². The highest BCUT2D eigenvalue weighted by molar-refractivity contribution is 5.84. The van der Waals surface area contributed by atoms with Gasteiger partial charge in [0, 0.05) is 25.3 Å². The Bertz CT molecular complexity index is 1000. The van der Waals surface area contributed by atoms with Gasteiger partial charge in [-0.1, -0.05) is 60.7 Å². The fourth-order valence-electron chi connectivity index (χ4n) is 4.58. The second-order valence-electron chi connectivity index (χ2n) is 8.89. The van der Waals surface area contributed by atoms with Crippen LogP contribution in [-0.4, -0.2) is 34.9 Å². The summed E-state index contributed by atoms with van der Waals surface area (Å²) in [4.78, 5) is 20.3. The molecule has 0 bridgehead atoms. The summed E-state index contributed by atoms with van der Waals surface area (Å²) in [7, 11) is 0. The van der Waals surface area contributed by atoms with Crippen molar-refractivity contribution in [3.63, 3.8) is 0 Å². The van der Waals surface area contributed by atoms with Gasteiger partial charge in [-0.15, -0.1) is 0 Å². The van der Waals surface area contributed by atoms with E-state index in [2.05, 4.69) is 69.8 Å². The van der Waals surface area contributed by atoms with E-state index in [0.717, 1.165) is 38.2 Å². The van der Waals surface area contributed by atoms with Crippen LogP contribution < -0.4 is 5.32 Å². The van der Waals surface area contributed by atoms with E-state index in [1.807, 2.05) is 38.2 Å². The van der Waals surface area contributed by atoms with Gasteiger partial charge in [0.25, 0.3) is 0 Å². The van der Waals surface area contributed by atoms with E-state index in [1.165, 1.54) is 16.7 Å². The van der Waals surface area contributed by atoms with E-state index in [4.69, 9.17) is 0 Å². The zero-order valence-electron chi connectivity index (χ0n) is 18.4. The smallest absolute Gasteiger partial charge is 0.228 e. The zero-order chi connectivity index (χ0) is 21.7. The predicted molar refractivity (Wildman–Crippen MR) is 125 cm³/mol. The van der Waals surface area contributed by atoms with E-state index in [9.17, 15) is 4.79 Å². The standard InChI is InChI=1S/C27H31N3O/c1-21(2)29-26(31)27(15-17-30(20-27)19-24-13-8-9-16-28-24)18-23-12-6-7-14-25(23)22-10-4-3-5-11-22/h3-14,16,21H,15,17-20H2,1-2H3,(H,29,31)/t27-/m1/s1. The molecule has 1 atom stereocenters. The Kier molecular flexibility index (Phi) is 6.47. The minimum absolute atomic E-state index is 0.124. The van der Waals surface area contributed by atoms with Gasteiger partial charge in [0.1, 0.15) is 0 Å². The highest BCUT2D eigenvalue weighted by Crippen LogP contribution is 2.38. The summed E-state index contributed by atoms with van der Waals surface area (Å²) in [5, 5.41) is 3.21. The van der Waals surface area contributed by atoms with Crippen LogP contribution in [0, 0.1) is 5.41 Å². The average molecular weight is 414 g/mol. The molecule has 1 aliphatic rings. The Morgan fingerprint density at radius 3 is 2.52 bits per heavy atom. The third-order valence-corrected chi connectivity index (χ3v) is 6.08. The maximum atomic E-state index is 13.5. The van der Waals surface area contributed by atoms with Crippen molar-refractivity contribution in [2.75, 3.05) is 13.1 Å². The highest BCUT2D eigenvalue weighted by atomic mass is 16.2.